The van der Waals surface area contributed by atoms with Gasteiger partial charge in [-0.2, -0.15) is 13.2 Å². The van der Waals surface area contributed by atoms with Crippen LogP contribution >= 0.6 is 0 Å². The average molecular weight is 453 g/mol. The van der Waals surface area contributed by atoms with Crippen LogP contribution in [0, 0.1) is 0 Å². The molecule has 30 heavy (non-hydrogen) atoms. The highest BCUT2D eigenvalue weighted by Crippen LogP contribution is 2.31. The molecule has 2 rings (SSSR count). The van der Waals surface area contributed by atoms with Crippen LogP contribution in [0.15, 0.2) is 66.1 Å². The summed E-state index contributed by atoms with van der Waals surface area (Å²) in [4.78, 5) is -0.326. The summed E-state index contributed by atoms with van der Waals surface area (Å²) in [5.74, 6) is -0.590. The van der Waals surface area contributed by atoms with E-state index in [0.29, 0.717) is 12.0 Å². The molecule has 0 aliphatic heterocycles. The summed E-state index contributed by atoms with van der Waals surface area (Å²) >= 11 is 0. The topological polar surface area (TPSA) is 55.4 Å². The Balaban J connectivity index is 2.25. The van der Waals surface area contributed by atoms with E-state index in [-0.39, 0.29) is 11.3 Å². The second-order valence-electron chi connectivity index (χ2n) is 6.18. The van der Waals surface area contributed by atoms with Gasteiger partial charge in [-0.25, -0.2) is 13.1 Å². The fourth-order valence-corrected chi connectivity index (χ4v) is 3.82. The van der Waals surface area contributed by atoms with Crippen molar-refractivity contribution in [2.75, 3.05) is 0 Å². The maximum Gasteiger partial charge on any atom is 0.573 e. The number of sulfonamides is 1. The van der Waals surface area contributed by atoms with E-state index < -0.39 is 39.9 Å². The smallest absolute Gasteiger partial charge is 0.406 e. The van der Waals surface area contributed by atoms with Gasteiger partial charge in [0.1, 0.15) is 5.75 Å². The van der Waals surface area contributed by atoms with Crippen molar-refractivity contribution in [1.29, 1.82) is 0 Å². The van der Waals surface area contributed by atoms with E-state index in [1.165, 1.54) is 18.2 Å². The molecule has 164 valence electrons. The van der Waals surface area contributed by atoms with Crippen LogP contribution in [-0.4, -0.2) is 14.8 Å². The van der Waals surface area contributed by atoms with Gasteiger partial charge in [-0.15, -0.1) is 19.8 Å². The Morgan fingerprint density at radius 3 is 2.00 bits per heavy atom. The van der Waals surface area contributed by atoms with Crippen LogP contribution in [0.25, 0.3) is 0 Å². The second-order valence-corrected chi connectivity index (χ2v) is 7.89. The summed E-state index contributed by atoms with van der Waals surface area (Å²) in [5, 5.41) is 0. The largest absolute Gasteiger partial charge is 0.573 e. The van der Waals surface area contributed by atoms with Crippen molar-refractivity contribution in [3.63, 3.8) is 0 Å². The number of allylic oxidation sites excluding steroid dienone is 1. The first kappa shape index (κ1) is 23.7. The summed E-state index contributed by atoms with van der Waals surface area (Å²) < 4.78 is 106. The molecule has 0 aromatic heterocycles. The normalized spacial score (nSPS) is 13.7. The summed E-state index contributed by atoms with van der Waals surface area (Å²) in [6.45, 7) is 3.53. The molecule has 0 aliphatic rings. The number of hydrogen-bond donors (Lipinski definition) is 1. The first-order valence-electron chi connectivity index (χ1n) is 8.48. The van der Waals surface area contributed by atoms with Gasteiger partial charge in [-0.3, -0.25) is 0 Å². The molecular weight excluding hydrogens is 436 g/mol. The lowest BCUT2D eigenvalue weighted by Gasteiger charge is -2.20. The van der Waals surface area contributed by atoms with Crippen molar-refractivity contribution >= 4 is 10.0 Å². The minimum Gasteiger partial charge on any atom is -0.406 e. The Labute approximate surface area is 169 Å². The third-order valence-electron chi connectivity index (χ3n) is 3.96. The van der Waals surface area contributed by atoms with Gasteiger partial charge in [-0.05, 0) is 54.8 Å². The molecule has 0 radical (unpaired) electrons. The SMILES string of the molecule is C=CCC[C@@H](NS(=O)(=O)c1ccc(OC(F)(F)F)cc1)c1ccc(C(F)(F)F)cc1. The molecule has 0 spiro atoms. The lowest BCUT2D eigenvalue weighted by Crippen LogP contribution is -2.28. The highest BCUT2D eigenvalue weighted by molar-refractivity contribution is 7.89. The van der Waals surface area contributed by atoms with Crippen LogP contribution in [0.5, 0.6) is 5.75 Å². The van der Waals surface area contributed by atoms with Gasteiger partial charge in [0.05, 0.1) is 10.5 Å². The van der Waals surface area contributed by atoms with E-state index >= 15 is 0 Å². The zero-order valence-electron chi connectivity index (χ0n) is 15.3. The minimum absolute atomic E-state index is 0.212. The van der Waals surface area contributed by atoms with Crippen molar-refractivity contribution in [3.05, 3.63) is 72.3 Å². The molecule has 0 amide bonds. The zero-order valence-corrected chi connectivity index (χ0v) is 16.1. The van der Waals surface area contributed by atoms with Crippen molar-refractivity contribution in [2.45, 2.75) is 36.3 Å². The van der Waals surface area contributed by atoms with Crippen LogP contribution in [0.1, 0.15) is 30.0 Å². The van der Waals surface area contributed by atoms with Gasteiger partial charge >= 0.3 is 12.5 Å². The van der Waals surface area contributed by atoms with Crippen LogP contribution in [0.3, 0.4) is 0 Å². The number of nitrogens with one attached hydrogen (secondary N) is 1. The number of ether oxygens (including phenoxy) is 1. The summed E-state index contributed by atoms with van der Waals surface area (Å²) in [5.41, 5.74) is -0.581. The minimum atomic E-state index is -4.92. The lowest BCUT2D eigenvalue weighted by molar-refractivity contribution is -0.274. The van der Waals surface area contributed by atoms with Crippen LogP contribution in [0.2, 0.25) is 0 Å². The number of alkyl halides is 6. The van der Waals surface area contributed by atoms with Gasteiger partial charge in [0.15, 0.2) is 0 Å². The van der Waals surface area contributed by atoms with Gasteiger partial charge in [0, 0.05) is 6.04 Å². The Morgan fingerprint density at radius 2 is 1.53 bits per heavy atom. The van der Waals surface area contributed by atoms with E-state index in [9.17, 15) is 34.8 Å². The third kappa shape index (κ3) is 6.77. The van der Waals surface area contributed by atoms with Crippen molar-refractivity contribution in [1.82, 2.24) is 4.72 Å². The fraction of sp³-hybridized carbons (Fsp3) is 0.263. The highest BCUT2D eigenvalue weighted by Gasteiger charge is 2.32. The third-order valence-corrected chi connectivity index (χ3v) is 5.45. The van der Waals surface area contributed by atoms with Gasteiger partial charge in [0.2, 0.25) is 10.0 Å². The molecule has 1 atom stereocenters. The molecule has 0 heterocycles. The summed E-state index contributed by atoms with van der Waals surface area (Å²) in [6.07, 6.45) is -7.35. The van der Waals surface area contributed by atoms with E-state index in [1.54, 1.807) is 0 Å². The van der Waals surface area contributed by atoms with Crippen molar-refractivity contribution in [2.24, 2.45) is 0 Å². The number of rotatable bonds is 8. The Hall–Kier alpha value is -2.53. The molecular formula is C19H17F6NO3S. The molecule has 1 N–H and O–H groups in total. The molecule has 4 nitrogen and oxygen atoms in total. The molecule has 0 aliphatic carbocycles. The van der Waals surface area contributed by atoms with Gasteiger partial charge in [0.25, 0.3) is 0 Å². The molecule has 0 saturated carbocycles. The molecule has 0 bridgehead atoms. The molecule has 0 saturated heterocycles. The first-order chi connectivity index (χ1) is 13.8. The number of hydrogen-bond acceptors (Lipinski definition) is 3. The van der Waals surface area contributed by atoms with Crippen LogP contribution in [-0.2, 0) is 16.2 Å². The van der Waals surface area contributed by atoms with Gasteiger partial charge < -0.3 is 4.74 Å². The maximum atomic E-state index is 12.7. The van der Waals surface area contributed by atoms with E-state index in [0.717, 1.165) is 36.4 Å². The predicted molar refractivity (Wildman–Crippen MR) is 97.1 cm³/mol. The van der Waals surface area contributed by atoms with E-state index in [2.05, 4.69) is 16.0 Å². The molecule has 0 unspecified atom stereocenters. The predicted octanol–water partition coefficient (Wildman–Crippen LogP) is 5.59. The Bertz CT molecular complexity index is 952. The monoisotopic (exact) mass is 453 g/mol. The quantitative estimate of drug-likeness (QED) is 0.419. The molecule has 0 fully saturated rings. The first-order valence-corrected chi connectivity index (χ1v) is 9.96. The second kappa shape index (κ2) is 9.09. The fourth-order valence-electron chi connectivity index (χ4n) is 2.56. The van der Waals surface area contributed by atoms with Crippen molar-refractivity contribution in [3.8, 4) is 5.75 Å². The standard InChI is InChI=1S/C19H17F6NO3S/c1-2-3-4-17(13-5-7-14(8-6-13)18(20,21)22)26-30(27,28)16-11-9-15(10-12-16)29-19(23,24)25/h2,5-12,17,26H,1,3-4H2/t17-/m1/s1. The lowest BCUT2D eigenvalue weighted by atomic mass is 10.0. The molecule has 2 aromatic carbocycles. The van der Waals surface area contributed by atoms with Crippen LogP contribution in [0.4, 0.5) is 26.3 Å². The molecule has 11 heteroatoms. The summed E-state index contributed by atoms with van der Waals surface area (Å²) in [6, 6.07) is 6.70. The number of halogens is 6. The van der Waals surface area contributed by atoms with Crippen molar-refractivity contribution < 1.29 is 39.5 Å². The highest BCUT2D eigenvalue weighted by atomic mass is 32.2. The van der Waals surface area contributed by atoms with E-state index in [4.69, 9.17) is 0 Å². The molecule has 2 aromatic rings. The zero-order chi connectivity index (χ0) is 22.6. The Morgan fingerprint density at radius 1 is 0.967 bits per heavy atom. The van der Waals surface area contributed by atoms with E-state index in [1.807, 2.05) is 0 Å². The Kier molecular flexibility index (Phi) is 7.19. The van der Waals surface area contributed by atoms with Crippen LogP contribution < -0.4 is 9.46 Å². The van der Waals surface area contributed by atoms with Gasteiger partial charge in [-0.1, -0.05) is 18.2 Å². The average Bonchev–Trinajstić information content (AvgIpc) is 2.63. The number of benzene rings is 2. The maximum absolute atomic E-state index is 12.7. The summed E-state index contributed by atoms with van der Waals surface area (Å²) in [7, 11) is -4.18.